The first kappa shape index (κ1) is 18.3. The Hall–Kier alpha value is -2.06. The number of ether oxygens (including phenoxy) is 2. The molecule has 2 aliphatic rings. The molecule has 2 aliphatic heterocycles. The quantitative estimate of drug-likeness (QED) is 0.783. The number of hydrogen-bond acceptors (Lipinski definition) is 5. The molecule has 7 nitrogen and oxygen atoms in total. The van der Waals surface area contributed by atoms with E-state index in [-0.39, 0.29) is 17.2 Å². The Bertz CT molecular complexity index is 940. The highest BCUT2D eigenvalue weighted by Gasteiger charge is 2.38. The predicted molar refractivity (Wildman–Crippen MR) is 100 cm³/mol. The second-order valence-corrected chi connectivity index (χ2v) is 9.49. The second-order valence-electron chi connectivity index (χ2n) is 7.60. The second kappa shape index (κ2) is 6.83. The molecule has 0 spiro atoms. The first-order valence-corrected chi connectivity index (χ1v) is 10.8. The van der Waals surface area contributed by atoms with Gasteiger partial charge in [0.1, 0.15) is 0 Å². The lowest BCUT2D eigenvalue weighted by Gasteiger charge is -2.40. The molecule has 2 aromatic rings. The molecule has 27 heavy (non-hydrogen) atoms. The average Bonchev–Trinajstić information content (AvgIpc) is 3.30. The van der Waals surface area contributed by atoms with E-state index in [9.17, 15) is 8.42 Å². The topological polar surface area (TPSA) is 73.7 Å². The van der Waals surface area contributed by atoms with Crippen LogP contribution >= 0.6 is 0 Å². The summed E-state index contributed by atoms with van der Waals surface area (Å²) in [5, 5.41) is 4.39. The summed E-state index contributed by atoms with van der Waals surface area (Å²) in [5.74, 6) is 1.54. The largest absolute Gasteiger partial charge is 0.454 e. The van der Waals surface area contributed by atoms with Gasteiger partial charge in [0.05, 0.1) is 6.20 Å². The normalized spacial score (nSPS) is 22.9. The van der Waals surface area contributed by atoms with Crippen molar-refractivity contribution in [3.63, 3.8) is 0 Å². The van der Waals surface area contributed by atoms with E-state index in [0.29, 0.717) is 19.6 Å². The summed E-state index contributed by atoms with van der Waals surface area (Å²) in [7, 11) is -3.55. The van der Waals surface area contributed by atoms with E-state index in [0.717, 1.165) is 36.3 Å². The number of piperidine rings is 1. The maximum Gasteiger partial charge on any atom is 0.260 e. The number of nitrogens with zero attached hydrogens (tertiary/aromatic N) is 3. The molecule has 0 N–H and O–H groups in total. The van der Waals surface area contributed by atoms with Crippen LogP contribution < -0.4 is 9.47 Å². The summed E-state index contributed by atoms with van der Waals surface area (Å²) in [6.45, 7) is 5.89. The van der Waals surface area contributed by atoms with E-state index in [1.54, 1.807) is 21.3 Å². The van der Waals surface area contributed by atoms with Gasteiger partial charge in [-0.3, -0.25) is 4.68 Å². The van der Waals surface area contributed by atoms with Gasteiger partial charge in [-0.2, -0.15) is 9.40 Å². The smallest absolute Gasteiger partial charge is 0.260 e. The molecular weight excluding hydrogens is 366 g/mol. The standard InChI is InChI=1S/C19H25N3O4S/c1-3-22-18(7-9-20-22)27(23,24)21-10-4-8-19(2,13-21)12-15-5-6-16-17(11-15)26-14-25-16/h5-7,9,11H,3-4,8,10,12-14H2,1-2H3/t19-/m0/s1. The molecule has 0 bridgehead atoms. The summed E-state index contributed by atoms with van der Waals surface area (Å²) in [6.07, 6.45) is 4.18. The number of rotatable bonds is 5. The average molecular weight is 391 g/mol. The van der Waals surface area contributed by atoms with Gasteiger partial charge >= 0.3 is 0 Å². The molecular formula is C19H25N3O4S. The molecule has 0 radical (unpaired) electrons. The highest BCUT2D eigenvalue weighted by atomic mass is 32.2. The van der Waals surface area contributed by atoms with Crippen LogP contribution in [0.2, 0.25) is 0 Å². The molecule has 0 saturated carbocycles. The zero-order chi connectivity index (χ0) is 19.1. The Morgan fingerprint density at radius 2 is 2.04 bits per heavy atom. The highest BCUT2D eigenvalue weighted by molar-refractivity contribution is 7.89. The minimum atomic E-state index is -3.55. The van der Waals surface area contributed by atoms with Crippen LogP contribution in [0.25, 0.3) is 0 Å². The lowest BCUT2D eigenvalue weighted by molar-refractivity contribution is 0.164. The van der Waals surface area contributed by atoms with E-state index >= 15 is 0 Å². The number of fused-ring (bicyclic) bond motifs is 1. The van der Waals surface area contributed by atoms with Crippen LogP contribution in [0.4, 0.5) is 0 Å². The molecule has 0 aliphatic carbocycles. The Balaban J connectivity index is 1.55. The first-order chi connectivity index (χ1) is 12.9. The van der Waals surface area contributed by atoms with Crippen LogP contribution in [0.3, 0.4) is 0 Å². The van der Waals surface area contributed by atoms with Gasteiger partial charge in [-0.05, 0) is 55.4 Å². The van der Waals surface area contributed by atoms with Gasteiger partial charge in [0, 0.05) is 19.6 Å². The third-order valence-electron chi connectivity index (χ3n) is 5.40. The molecule has 0 unspecified atom stereocenters. The van der Waals surface area contributed by atoms with Crippen molar-refractivity contribution in [1.29, 1.82) is 0 Å². The molecule has 0 amide bonds. The Morgan fingerprint density at radius 1 is 1.22 bits per heavy atom. The molecule has 4 rings (SSSR count). The molecule has 1 atom stereocenters. The van der Waals surface area contributed by atoms with Gasteiger partial charge in [0.2, 0.25) is 6.79 Å². The van der Waals surface area contributed by atoms with Gasteiger partial charge in [0.25, 0.3) is 10.0 Å². The number of sulfonamides is 1. The van der Waals surface area contributed by atoms with Crippen molar-refractivity contribution < 1.29 is 17.9 Å². The van der Waals surface area contributed by atoms with E-state index < -0.39 is 10.0 Å². The maximum atomic E-state index is 13.2. The lowest BCUT2D eigenvalue weighted by Crippen LogP contribution is -2.46. The Morgan fingerprint density at radius 3 is 2.85 bits per heavy atom. The minimum Gasteiger partial charge on any atom is -0.454 e. The van der Waals surface area contributed by atoms with Crippen molar-refractivity contribution in [2.24, 2.45) is 5.41 Å². The SMILES string of the molecule is CCn1nccc1S(=O)(=O)N1CCC[C@@](C)(Cc2ccc3c(c2)OCO3)C1. The fraction of sp³-hybridized carbons (Fsp3) is 0.526. The van der Waals surface area contributed by atoms with E-state index in [1.807, 2.05) is 25.1 Å². The number of aryl methyl sites for hydroxylation is 1. The van der Waals surface area contributed by atoms with Crippen molar-refractivity contribution in [2.75, 3.05) is 19.9 Å². The molecule has 1 aromatic carbocycles. The van der Waals surface area contributed by atoms with Crippen LogP contribution in [0.1, 0.15) is 32.3 Å². The third-order valence-corrected chi connectivity index (χ3v) is 7.26. The monoisotopic (exact) mass is 391 g/mol. The fourth-order valence-electron chi connectivity index (χ4n) is 4.07. The third kappa shape index (κ3) is 3.43. The lowest BCUT2D eigenvalue weighted by atomic mass is 9.77. The van der Waals surface area contributed by atoms with Crippen molar-refractivity contribution in [3.05, 3.63) is 36.0 Å². The van der Waals surface area contributed by atoms with Crippen molar-refractivity contribution >= 4 is 10.0 Å². The van der Waals surface area contributed by atoms with Gasteiger partial charge in [-0.15, -0.1) is 0 Å². The number of benzene rings is 1. The Labute approximate surface area is 159 Å². The molecule has 1 saturated heterocycles. The molecule has 146 valence electrons. The summed E-state index contributed by atoms with van der Waals surface area (Å²) in [6, 6.07) is 7.56. The van der Waals surface area contributed by atoms with Crippen molar-refractivity contribution in [2.45, 2.75) is 44.7 Å². The molecule has 3 heterocycles. The zero-order valence-corrected chi connectivity index (χ0v) is 16.5. The molecule has 8 heteroatoms. The first-order valence-electron chi connectivity index (χ1n) is 9.32. The van der Waals surface area contributed by atoms with Gasteiger partial charge in [0.15, 0.2) is 16.5 Å². The highest BCUT2D eigenvalue weighted by Crippen LogP contribution is 2.38. The van der Waals surface area contributed by atoms with Crippen LogP contribution in [-0.2, 0) is 23.0 Å². The van der Waals surface area contributed by atoms with Crippen LogP contribution in [0.5, 0.6) is 11.5 Å². The summed E-state index contributed by atoms with van der Waals surface area (Å²) >= 11 is 0. The van der Waals surface area contributed by atoms with E-state index in [4.69, 9.17) is 9.47 Å². The van der Waals surface area contributed by atoms with Crippen molar-refractivity contribution in [1.82, 2.24) is 14.1 Å². The summed E-state index contributed by atoms with van der Waals surface area (Å²) < 4.78 is 40.3. The van der Waals surface area contributed by atoms with E-state index in [2.05, 4.69) is 12.0 Å². The number of aromatic nitrogens is 2. The van der Waals surface area contributed by atoms with Crippen LogP contribution in [-0.4, -0.2) is 42.4 Å². The number of hydrogen-bond donors (Lipinski definition) is 0. The van der Waals surface area contributed by atoms with Gasteiger partial charge in [-0.1, -0.05) is 13.0 Å². The fourth-order valence-corrected chi connectivity index (χ4v) is 5.86. The van der Waals surface area contributed by atoms with Crippen LogP contribution in [0.15, 0.2) is 35.5 Å². The summed E-state index contributed by atoms with van der Waals surface area (Å²) in [4.78, 5) is 0. The summed E-state index contributed by atoms with van der Waals surface area (Å²) in [5.41, 5.74) is 1.01. The van der Waals surface area contributed by atoms with Crippen molar-refractivity contribution in [3.8, 4) is 11.5 Å². The predicted octanol–water partition coefficient (Wildman–Crippen LogP) is 2.67. The van der Waals surface area contributed by atoms with Crippen LogP contribution in [0, 0.1) is 5.41 Å². The molecule has 1 aromatic heterocycles. The van der Waals surface area contributed by atoms with Gasteiger partial charge < -0.3 is 9.47 Å². The van der Waals surface area contributed by atoms with Gasteiger partial charge in [-0.25, -0.2) is 8.42 Å². The molecule has 1 fully saturated rings. The Kier molecular flexibility index (Phi) is 4.63. The zero-order valence-electron chi connectivity index (χ0n) is 15.7. The maximum absolute atomic E-state index is 13.2. The minimum absolute atomic E-state index is 0.129. The van der Waals surface area contributed by atoms with E-state index in [1.165, 1.54) is 0 Å².